The molecule has 0 amide bonds. The molecule has 2 heterocycles. The molecule has 0 bridgehead atoms. The number of esters is 1. The second-order valence-electron chi connectivity index (χ2n) is 5.45. The molecule has 26 heavy (non-hydrogen) atoms. The van der Waals surface area contributed by atoms with Crippen molar-refractivity contribution in [3.63, 3.8) is 0 Å². The van der Waals surface area contributed by atoms with Crippen LogP contribution in [0.1, 0.15) is 10.4 Å². The van der Waals surface area contributed by atoms with Gasteiger partial charge < -0.3 is 13.9 Å². The first-order chi connectivity index (χ1) is 12.7. The summed E-state index contributed by atoms with van der Waals surface area (Å²) in [6.07, 6.45) is 1.67. The van der Waals surface area contributed by atoms with Crippen LogP contribution in [0, 0.1) is 0 Å². The maximum absolute atomic E-state index is 12.4. The summed E-state index contributed by atoms with van der Waals surface area (Å²) in [5.74, 6) is 0.716. The van der Waals surface area contributed by atoms with Crippen molar-refractivity contribution in [1.29, 1.82) is 0 Å². The Kier molecular flexibility index (Phi) is 4.07. The zero-order valence-electron chi connectivity index (χ0n) is 13.9. The molecule has 0 N–H and O–H groups in total. The summed E-state index contributed by atoms with van der Waals surface area (Å²) in [6.45, 7) is 0. The number of benzene rings is 2. The molecule has 6 nitrogen and oxygen atoms in total. The van der Waals surface area contributed by atoms with Crippen LogP contribution in [0.4, 0.5) is 0 Å². The number of para-hydroxylation sites is 1. The quantitative estimate of drug-likeness (QED) is 0.409. The summed E-state index contributed by atoms with van der Waals surface area (Å²) in [6, 6.07) is 17.4. The second kappa shape index (κ2) is 6.68. The van der Waals surface area contributed by atoms with Gasteiger partial charge in [0.05, 0.1) is 7.11 Å². The van der Waals surface area contributed by atoms with Crippen molar-refractivity contribution in [3.05, 3.63) is 72.4 Å². The fourth-order valence-electron chi connectivity index (χ4n) is 2.54. The van der Waals surface area contributed by atoms with Crippen LogP contribution >= 0.6 is 0 Å². The van der Waals surface area contributed by atoms with Crippen LogP contribution in [0.5, 0.6) is 11.5 Å². The van der Waals surface area contributed by atoms with Crippen LogP contribution in [0.3, 0.4) is 0 Å². The molecule has 2 aromatic carbocycles. The highest BCUT2D eigenvalue weighted by Crippen LogP contribution is 2.27. The number of rotatable bonds is 4. The number of hydrogen-bond donors (Lipinski definition) is 0. The number of carbonyl (C=O) groups is 1. The number of ether oxygens (including phenoxy) is 2. The van der Waals surface area contributed by atoms with Crippen LogP contribution in [0.25, 0.3) is 22.7 Å². The Bertz CT molecular complexity index is 1070. The highest BCUT2D eigenvalue weighted by molar-refractivity contribution is 5.94. The van der Waals surface area contributed by atoms with E-state index in [0.29, 0.717) is 39.7 Å². The lowest BCUT2D eigenvalue weighted by Crippen LogP contribution is -2.09. The summed E-state index contributed by atoms with van der Waals surface area (Å²) in [5.41, 5.74) is 2.15. The third-order valence-corrected chi connectivity index (χ3v) is 3.78. The lowest BCUT2D eigenvalue weighted by molar-refractivity contribution is 0.0731. The lowest BCUT2D eigenvalue weighted by atomic mass is 10.2. The van der Waals surface area contributed by atoms with Crippen molar-refractivity contribution in [2.75, 3.05) is 7.11 Å². The van der Waals surface area contributed by atoms with Gasteiger partial charge in [-0.1, -0.05) is 18.2 Å². The molecule has 0 aliphatic carbocycles. The van der Waals surface area contributed by atoms with Crippen LogP contribution in [-0.2, 0) is 0 Å². The van der Waals surface area contributed by atoms with Gasteiger partial charge in [0.2, 0.25) is 5.89 Å². The first-order valence-corrected chi connectivity index (χ1v) is 7.92. The van der Waals surface area contributed by atoms with E-state index in [9.17, 15) is 4.79 Å². The first kappa shape index (κ1) is 15.8. The van der Waals surface area contributed by atoms with Crippen molar-refractivity contribution >= 4 is 17.1 Å². The minimum absolute atomic E-state index is 0.349. The van der Waals surface area contributed by atoms with E-state index < -0.39 is 5.97 Å². The monoisotopic (exact) mass is 346 g/mol. The fraction of sp³-hybridized carbons (Fsp3) is 0.0500. The molecule has 0 atom stereocenters. The lowest BCUT2D eigenvalue weighted by Gasteiger charge is -2.07. The van der Waals surface area contributed by atoms with Crippen molar-refractivity contribution in [2.45, 2.75) is 0 Å². The van der Waals surface area contributed by atoms with Gasteiger partial charge in [-0.25, -0.2) is 9.78 Å². The molecule has 6 heteroatoms. The van der Waals surface area contributed by atoms with Gasteiger partial charge in [0, 0.05) is 12.3 Å². The van der Waals surface area contributed by atoms with Gasteiger partial charge in [0.1, 0.15) is 28.3 Å². The van der Waals surface area contributed by atoms with Gasteiger partial charge >= 0.3 is 5.97 Å². The van der Waals surface area contributed by atoms with E-state index in [-0.39, 0.29) is 0 Å². The van der Waals surface area contributed by atoms with E-state index in [1.807, 2.05) is 18.2 Å². The molecular formula is C20H14N2O4. The number of oxazole rings is 1. The number of fused-ring (bicyclic) bond motifs is 1. The van der Waals surface area contributed by atoms with Crippen molar-refractivity contribution < 1.29 is 18.7 Å². The summed E-state index contributed by atoms with van der Waals surface area (Å²) in [4.78, 5) is 21.0. The van der Waals surface area contributed by atoms with Gasteiger partial charge in [-0.2, -0.15) is 0 Å². The normalized spacial score (nSPS) is 10.7. The van der Waals surface area contributed by atoms with Crippen LogP contribution in [0.15, 0.2) is 71.3 Å². The van der Waals surface area contributed by atoms with E-state index in [0.717, 1.165) is 0 Å². The molecule has 2 aromatic heterocycles. The van der Waals surface area contributed by atoms with E-state index in [1.54, 1.807) is 48.7 Å². The van der Waals surface area contributed by atoms with Crippen molar-refractivity contribution in [1.82, 2.24) is 9.97 Å². The topological polar surface area (TPSA) is 74.5 Å². The maximum atomic E-state index is 12.4. The third kappa shape index (κ3) is 3.00. The molecule has 0 spiro atoms. The Morgan fingerprint density at radius 2 is 1.88 bits per heavy atom. The number of hydrogen-bond acceptors (Lipinski definition) is 6. The molecule has 4 aromatic rings. The highest BCUT2D eigenvalue weighted by Gasteiger charge is 2.15. The molecule has 0 unspecified atom stereocenters. The van der Waals surface area contributed by atoms with Gasteiger partial charge in [0.15, 0.2) is 5.58 Å². The Labute approximate surface area is 149 Å². The van der Waals surface area contributed by atoms with Gasteiger partial charge in [0.25, 0.3) is 0 Å². The van der Waals surface area contributed by atoms with Gasteiger partial charge in [-0.05, 0) is 36.4 Å². The Hall–Kier alpha value is -3.67. The molecule has 0 saturated carbocycles. The highest BCUT2D eigenvalue weighted by atomic mass is 16.5. The third-order valence-electron chi connectivity index (χ3n) is 3.78. The predicted octanol–water partition coefficient (Wildman–Crippen LogP) is 4.12. The molecule has 0 radical (unpaired) electrons. The maximum Gasteiger partial charge on any atom is 0.347 e. The van der Waals surface area contributed by atoms with Gasteiger partial charge in [-0.15, -0.1) is 0 Å². The van der Waals surface area contributed by atoms with E-state index in [4.69, 9.17) is 13.9 Å². The minimum Gasteiger partial charge on any atom is -0.496 e. The molecular weight excluding hydrogens is 332 g/mol. The summed E-state index contributed by atoms with van der Waals surface area (Å²) in [5, 5.41) is 0. The summed E-state index contributed by atoms with van der Waals surface area (Å²) >= 11 is 0. The Balaban J connectivity index is 1.62. The average Bonchev–Trinajstić information content (AvgIpc) is 3.12. The first-order valence-electron chi connectivity index (χ1n) is 7.92. The number of carbonyl (C=O) groups excluding carboxylic acids is 1. The molecule has 0 fully saturated rings. The van der Waals surface area contributed by atoms with E-state index in [1.165, 1.54) is 7.11 Å². The molecule has 0 aliphatic rings. The second-order valence-corrected chi connectivity index (χ2v) is 5.45. The number of nitrogens with zero attached hydrogens (tertiary/aromatic N) is 2. The smallest absolute Gasteiger partial charge is 0.347 e. The number of aromatic nitrogens is 2. The zero-order chi connectivity index (χ0) is 17.9. The zero-order valence-corrected chi connectivity index (χ0v) is 13.9. The Morgan fingerprint density at radius 1 is 1.04 bits per heavy atom. The van der Waals surface area contributed by atoms with Crippen molar-refractivity contribution in [2.24, 2.45) is 0 Å². The number of pyridine rings is 1. The fourth-order valence-corrected chi connectivity index (χ4v) is 2.54. The molecule has 0 saturated heterocycles. The Morgan fingerprint density at radius 3 is 2.69 bits per heavy atom. The van der Waals surface area contributed by atoms with Gasteiger partial charge in [-0.3, -0.25) is 4.98 Å². The van der Waals surface area contributed by atoms with Crippen molar-refractivity contribution in [3.8, 4) is 23.1 Å². The molecule has 4 rings (SSSR count). The molecule has 128 valence electrons. The van der Waals surface area contributed by atoms with E-state index in [2.05, 4.69) is 9.97 Å². The SMILES string of the molecule is COc1ccccc1C(=O)Oc1ccc2nc(-c3ccccn3)oc2c1. The van der Waals surface area contributed by atoms with E-state index >= 15 is 0 Å². The predicted molar refractivity (Wildman–Crippen MR) is 95.2 cm³/mol. The minimum atomic E-state index is -0.508. The van der Waals surface area contributed by atoms with Crippen LogP contribution < -0.4 is 9.47 Å². The standard InChI is InChI=1S/C20H14N2O4/c1-24-17-8-3-2-6-14(17)20(23)25-13-9-10-15-18(12-13)26-19(22-15)16-7-4-5-11-21-16/h2-12H,1H3. The summed E-state index contributed by atoms with van der Waals surface area (Å²) in [7, 11) is 1.51. The van der Waals surface area contributed by atoms with Crippen LogP contribution in [0.2, 0.25) is 0 Å². The average molecular weight is 346 g/mol. The molecule has 0 aliphatic heterocycles. The number of methoxy groups -OCH3 is 1. The van der Waals surface area contributed by atoms with Crippen LogP contribution in [-0.4, -0.2) is 23.0 Å². The largest absolute Gasteiger partial charge is 0.496 e. The summed E-state index contributed by atoms with van der Waals surface area (Å²) < 4.78 is 16.4.